The van der Waals surface area contributed by atoms with Crippen molar-refractivity contribution in [1.29, 1.82) is 0 Å². The van der Waals surface area contributed by atoms with E-state index in [0.717, 1.165) is 18.4 Å². The summed E-state index contributed by atoms with van der Waals surface area (Å²) < 4.78 is 5.71. The molecule has 26 heavy (non-hydrogen) atoms. The number of rotatable bonds is 4. The third kappa shape index (κ3) is 5.34. The molecule has 3 rings (SSSR count). The molecule has 1 aliphatic carbocycles. The van der Waals surface area contributed by atoms with Gasteiger partial charge in [0.05, 0.1) is 0 Å². The van der Waals surface area contributed by atoms with Crippen LogP contribution in [0.4, 0.5) is 0 Å². The summed E-state index contributed by atoms with van der Waals surface area (Å²) in [4.78, 5) is 12.0. The lowest BCUT2D eigenvalue weighted by molar-refractivity contribution is -0.115. The first-order valence-corrected chi connectivity index (χ1v) is 9.52. The molecule has 136 valence electrons. The van der Waals surface area contributed by atoms with E-state index in [9.17, 15) is 4.79 Å². The van der Waals surface area contributed by atoms with Crippen LogP contribution < -0.4 is 10.6 Å². The van der Waals surface area contributed by atoms with Gasteiger partial charge >= 0.3 is 0 Å². The molecule has 1 aromatic heterocycles. The Hall–Kier alpha value is -1.82. The molecule has 1 saturated carbocycles. The average molecular weight is 409 g/mol. The number of hydrogen-bond acceptors (Lipinski definition) is 3. The molecule has 1 aromatic carbocycles. The fourth-order valence-corrected chi connectivity index (χ4v) is 3.69. The van der Waals surface area contributed by atoms with Crippen LogP contribution in [0.3, 0.4) is 0 Å². The molecular weight excluding hydrogens is 391 g/mol. The number of carbonyl (C=O) groups excluding carboxylic acids is 1. The number of halogens is 2. The van der Waals surface area contributed by atoms with Gasteiger partial charge in [-0.15, -0.1) is 0 Å². The maximum absolute atomic E-state index is 12.0. The summed E-state index contributed by atoms with van der Waals surface area (Å²) in [5.74, 6) is 0.859. The van der Waals surface area contributed by atoms with Crippen LogP contribution in [0.5, 0.6) is 0 Å². The highest BCUT2D eigenvalue weighted by atomic mass is 35.5. The van der Waals surface area contributed by atoms with Crippen molar-refractivity contribution in [3.8, 4) is 11.3 Å². The fourth-order valence-electron chi connectivity index (χ4n) is 2.90. The second kappa shape index (κ2) is 8.71. The van der Waals surface area contributed by atoms with Gasteiger partial charge in [-0.3, -0.25) is 10.1 Å². The molecule has 0 bridgehead atoms. The van der Waals surface area contributed by atoms with Gasteiger partial charge in [0.2, 0.25) is 5.91 Å². The topological polar surface area (TPSA) is 54.3 Å². The highest BCUT2D eigenvalue weighted by Gasteiger charge is 2.15. The zero-order valence-corrected chi connectivity index (χ0v) is 16.3. The van der Waals surface area contributed by atoms with Crippen molar-refractivity contribution in [2.45, 2.75) is 31.7 Å². The maximum atomic E-state index is 12.0. The predicted octanol–water partition coefficient (Wildman–Crippen LogP) is 5.20. The molecule has 0 radical (unpaired) electrons. The van der Waals surface area contributed by atoms with Crippen LogP contribution in [0, 0.1) is 0 Å². The van der Waals surface area contributed by atoms with Gasteiger partial charge in [-0.25, -0.2) is 0 Å². The molecule has 0 spiro atoms. The van der Waals surface area contributed by atoms with Crippen LogP contribution in [-0.4, -0.2) is 17.1 Å². The standard InChI is InChI=1S/C19H18Cl2N2O2S/c20-13-9-12(10-14(21)11-13)17-7-5-16(25-17)6-8-18(24)23-19(26)22-15-3-1-2-4-15/h5-11,15H,1-4H2,(H2,22,23,24,26)/b8-6+. The Morgan fingerprint density at radius 2 is 1.85 bits per heavy atom. The van der Waals surface area contributed by atoms with E-state index in [0.29, 0.717) is 32.7 Å². The highest BCUT2D eigenvalue weighted by Crippen LogP contribution is 2.28. The number of nitrogens with one attached hydrogen (secondary N) is 2. The molecule has 2 aromatic rings. The van der Waals surface area contributed by atoms with Crippen molar-refractivity contribution in [1.82, 2.24) is 10.6 Å². The average Bonchev–Trinajstić information content (AvgIpc) is 3.23. The van der Waals surface area contributed by atoms with Gasteiger partial charge in [0.15, 0.2) is 5.11 Å². The van der Waals surface area contributed by atoms with Crippen LogP contribution >= 0.6 is 35.4 Å². The Kier molecular flexibility index (Phi) is 6.35. The first kappa shape index (κ1) is 19.0. The number of carbonyl (C=O) groups is 1. The summed E-state index contributed by atoms with van der Waals surface area (Å²) in [6.45, 7) is 0. The Bertz CT molecular complexity index is 822. The first-order chi connectivity index (χ1) is 12.5. The Labute approximate surface area is 167 Å². The van der Waals surface area contributed by atoms with Crippen molar-refractivity contribution >= 4 is 52.5 Å². The van der Waals surface area contributed by atoms with Crippen molar-refractivity contribution in [3.05, 3.63) is 52.2 Å². The first-order valence-electron chi connectivity index (χ1n) is 8.35. The van der Waals surface area contributed by atoms with Crippen LogP contribution in [0.15, 0.2) is 40.8 Å². The van der Waals surface area contributed by atoms with Gasteiger partial charge in [-0.2, -0.15) is 0 Å². The smallest absolute Gasteiger partial charge is 0.250 e. The van der Waals surface area contributed by atoms with Crippen molar-refractivity contribution in [2.24, 2.45) is 0 Å². The monoisotopic (exact) mass is 408 g/mol. The summed E-state index contributed by atoms with van der Waals surface area (Å²) >= 11 is 17.2. The second-order valence-corrected chi connectivity index (χ2v) is 7.42. The Balaban J connectivity index is 1.57. The van der Waals surface area contributed by atoms with Crippen LogP contribution in [0.25, 0.3) is 17.4 Å². The predicted molar refractivity (Wildman–Crippen MR) is 109 cm³/mol. The summed E-state index contributed by atoms with van der Waals surface area (Å²) in [5, 5.41) is 7.23. The van der Waals surface area contributed by atoms with E-state index in [1.165, 1.54) is 18.9 Å². The van der Waals surface area contributed by atoms with Gasteiger partial charge in [0.25, 0.3) is 0 Å². The van der Waals surface area contributed by atoms with Crippen LogP contribution in [0.2, 0.25) is 10.0 Å². The van der Waals surface area contributed by atoms with Crippen molar-refractivity contribution in [2.75, 3.05) is 0 Å². The summed E-state index contributed by atoms with van der Waals surface area (Å²) in [6.07, 6.45) is 7.56. The van der Waals surface area contributed by atoms with Gasteiger partial charge in [-0.1, -0.05) is 36.0 Å². The SMILES string of the molecule is O=C(/C=C/c1ccc(-c2cc(Cl)cc(Cl)c2)o1)NC(=S)NC1CCCC1. The van der Waals surface area contributed by atoms with E-state index in [2.05, 4.69) is 10.6 Å². The molecule has 0 unspecified atom stereocenters. The molecule has 2 N–H and O–H groups in total. The normalized spacial score (nSPS) is 14.7. The molecule has 4 nitrogen and oxygen atoms in total. The molecule has 7 heteroatoms. The second-order valence-electron chi connectivity index (χ2n) is 6.14. The number of hydrogen-bond donors (Lipinski definition) is 2. The lowest BCUT2D eigenvalue weighted by Gasteiger charge is -2.13. The Morgan fingerprint density at radius 1 is 1.15 bits per heavy atom. The summed E-state index contributed by atoms with van der Waals surface area (Å²) in [5.41, 5.74) is 0.772. The Morgan fingerprint density at radius 3 is 2.54 bits per heavy atom. The molecular formula is C19H18Cl2N2O2S. The summed E-state index contributed by atoms with van der Waals surface area (Å²) in [7, 11) is 0. The lowest BCUT2D eigenvalue weighted by atomic mass is 10.2. The lowest BCUT2D eigenvalue weighted by Crippen LogP contribution is -2.42. The van der Waals surface area contributed by atoms with Crippen molar-refractivity contribution in [3.63, 3.8) is 0 Å². The number of benzene rings is 1. The van der Waals surface area contributed by atoms with Gasteiger partial charge in [0.1, 0.15) is 11.5 Å². The molecule has 0 atom stereocenters. The molecule has 0 aliphatic heterocycles. The van der Waals surface area contributed by atoms with Crippen LogP contribution in [0.1, 0.15) is 31.4 Å². The molecule has 1 heterocycles. The highest BCUT2D eigenvalue weighted by molar-refractivity contribution is 7.80. The van der Waals surface area contributed by atoms with Gasteiger partial charge in [-0.05, 0) is 61.5 Å². The number of thiocarbonyl (C=S) groups is 1. The third-order valence-corrected chi connectivity index (χ3v) is 4.76. The van der Waals surface area contributed by atoms with E-state index in [1.807, 2.05) is 0 Å². The minimum Gasteiger partial charge on any atom is -0.457 e. The minimum absolute atomic E-state index is 0.302. The third-order valence-electron chi connectivity index (χ3n) is 4.10. The largest absolute Gasteiger partial charge is 0.457 e. The molecule has 0 saturated heterocycles. The minimum atomic E-state index is -0.302. The van der Waals surface area contributed by atoms with E-state index in [1.54, 1.807) is 36.4 Å². The number of amides is 1. The van der Waals surface area contributed by atoms with Crippen LogP contribution in [-0.2, 0) is 4.79 Å². The molecule has 1 aliphatic rings. The van der Waals surface area contributed by atoms with E-state index in [4.69, 9.17) is 39.8 Å². The molecule has 1 amide bonds. The number of furan rings is 1. The van der Waals surface area contributed by atoms with E-state index >= 15 is 0 Å². The van der Waals surface area contributed by atoms with Crippen molar-refractivity contribution < 1.29 is 9.21 Å². The zero-order valence-electron chi connectivity index (χ0n) is 13.9. The van der Waals surface area contributed by atoms with Gasteiger partial charge < -0.3 is 9.73 Å². The zero-order chi connectivity index (χ0) is 18.5. The summed E-state index contributed by atoms with van der Waals surface area (Å²) in [6, 6.07) is 9.11. The van der Waals surface area contributed by atoms with E-state index < -0.39 is 0 Å². The maximum Gasteiger partial charge on any atom is 0.250 e. The fraction of sp³-hybridized carbons (Fsp3) is 0.263. The van der Waals surface area contributed by atoms with E-state index in [-0.39, 0.29) is 5.91 Å². The molecule has 1 fully saturated rings. The van der Waals surface area contributed by atoms with Gasteiger partial charge in [0, 0.05) is 27.7 Å². The quantitative estimate of drug-likeness (QED) is 0.539.